The number of hydrogen-bond acceptors (Lipinski definition) is 3. The second-order valence-electron chi connectivity index (χ2n) is 5.47. The lowest BCUT2D eigenvalue weighted by Crippen LogP contribution is -2.38. The second-order valence-corrected chi connectivity index (χ2v) is 9.10. The minimum atomic E-state index is -3.45. The molecule has 2 heterocycles. The van der Waals surface area contributed by atoms with Crippen molar-refractivity contribution in [3.8, 4) is 0 Å². The van der Waals surface area contributed by atoms with Crippen LogP contribution in [0.25, 0.3) is 0 Å². The first-order valence-corrected chi connectivity index (χ1v) is 9.61. The lowest BCUT2D eigenvalue weighted by Gasteiger charge is -2.24. The van der Waals surface area contributed by atoms with Gasteiger partial charge in [0.15, 0.2) is 0 Å². The zero-order valence-electron chi connectivity index (χ0n) is 11.0. The number of nitrogens with zero attached hydrogens (tertiary/aromatic N) is 1. The molecule has 4 nitrogen and oxygen atoms in total. The van der Waals surface area contributed by atoms with Gasteiger partial charge in [-0.1, -0.05) is 15.9 Å². The van der Waals surface area contributed by atoms with Gasteiger partial charge in [0.05, 0.1) is 4.90 Å². The average Bonchev–Trinajstić information content (AvgIpc) is 2.96. The van der Waals surface area contributed by atoms with E-state index in [4.69, 9.17) is 0 Å². The first-order valence-electron chi connectivity index (χ1n) is 6.59. The lowest BCUT2D eigenvalue weighted by molar-refractivity contribution is 0.360. The van der Waals surface area contributed by atoms with Gasteiger partial charge in [-0.3, -0.25) is 0 Å². The van der Waals surface area contributed by atoms with E-state index in [1.165, 1.54) is 0 Å². The van der Waals surface area contributed by atoms with Crippen LogP contribution in [0.1, 0.15) is 6.92 Å². The Morgan fingerprint density at radius 3 is 2.75 bits per heavy atom. The molecule has 2 saturated heterocycles. The topological polar surface area (TPSA) is 49.4 Å². The zero-order valence-corrected chi connectivity index (χ0v) is 15.0. The average molecular weight is 424 g/mol. The molecule has 0 spiro atoms. The summed E-state index contributed by atoms with van der Waals surface area (Å²) < 4.78 is 28.9. The van der Waals surface area contributed by atoms with Gasteiger partial charge in [-0.2, -0.15) is 4.31 Å². The molecule has 0 aromatic heterocycles. The Bertz CT molecular complexity index is 635. The van der Waals surface area contributed by atoms with Crippen molar-refractivity contribution in [1.29, 1.82) is 0 Å². The second kappa shape index (κ2) is 5.35. The highest BCUT2D eigenvalue weighted by molar-refractivity contribution is 9.11. The molecule has 1 aromatic rings. The van der Waals surface area contributed by atoms with E-state index >= 15 is 0 Å². The Balaban J connectivity index is 1.98. The zero-order chi connectivity index (χ0) is 14.5. The maximum absolute atomic E-state index is 12.9. The molecule has 0 amide bonds. The van der Waals surface area contributed by atoms with Crippen molar-refractivity contribution < 1.29 is 8.42 Å². The van der Waals surface area contributed by atoms with Crippen LogP contribution in [0.15, 0.2) is 32.0 Å². The fourth-order valence-corrected chi connectivity index (χ4v) is 6.44. The minimum absolute atomic E-state index is 0.0471. The van der Waals surface area contributed by atoms with Crippen molar-refractivity contribution in [2.75, 3.05) is 19.6 Å². The van der Waals surface area contributed by atoms with Crippen LogP contribution in [0.5, 0.6) is 0 Å². The normalized spacial score (nSPS) is 30.6. The summed E-state index contributed by atoms with van der Waals surface area (Å²) in [7, 11) is -3.45. The summed E-state index contributed by atoms with van der Waals surface area (Å²) in [6.07, 6.45) is 0. The Kier molecular flexibility index (Phi) is 4.01. The van der Waals surface area contributed by atoms with E-state index in [9.17, 15) is 8.42 Å². The summed E-state index contributed by atoms with van der Waals surface area (Å²) in [4.78, 5) is 0.339. The number of sulfonamides is 1. The summed E-state index contributed by atoms with van der Waals surface area (Å²) in [6.45, 7) is 4.46. The summed E-state index contributed by atoms with van der Waals surface area (Å²) in [6, 6.07) is 5.30. The van der Waals surface area contributed by atoms with Crippen LogP contribution >= 0.6 is 31.9 Å². The van der Waals surface area contributed by atoms with Crippen molar-refractivity contribution in [2.45, 2.75) is 17.9 Å². The third-order valence-electron chi connectivity index (χ3n) is 4.36. The van der Waals surface area contributed by atoms with Gasteiger partial charge in [0, 0.05) is 21.5 Å². The van der Waals surface area contributed by atoms with Gasteiger partial charge in [0.25, 0.3) is 0 Å². The van der Waals surface area contributed by atoms with Crippen molar-refractivity contribution in [1.82, 2.24) is 9.62 Å². The molecule has 3 atom stereocenters. The molecule has 110 valence electrons. The Labute approximate surface area is 136 Å². The smallest absolute Gasteiger partial charge is 0.244 e. The number of hydrogen-bond donors (Lipinski definition) is 1. The van der Waals surface area contributed by atoms with Crippen LogP contribution < -0.4 is 5.32 Å². The molecular formula is C13H16Br2N2O2S. The maximum Gasteiger partial charge on any atom is 0.244 e. The Hall–Kier alpha value is 0.0500. The van der Waals surface area contributed by atoms with E-state index in [2.05, 4.69) is 37.2 Å². The van der Waals surface area contributed by atoms with Gasteiger partial charge in [0.2, 0.25) is 10.0 Å². The van der Waals surface area contributed by atoms with Gasteiger partial charge in [-0.15, -0.1) is 0 Å². The molecule has 2 aliphatic rings. The van der Waals surface area contributed by atoms with Crippen LogP contribution in [0.3, 0.4) is 0 Å². The molecule has 0 radical (unpaired) electrons. The summed E-state index contributed by atoms with van der Waals surface area (Å²) in [5.74, 6) is 0.862. The molecule has 20 heavy (non-hydrogen) atoms. The molecular weight excluding hydrogens is 408 g/mol. The standard InChI is InChI=1S/C13H16Br2N2O2S/c1-8-11-6-16-5-9(11)7-17(8)20(18,19)13-4-10(14)2-3-12(13)15/h2-4,8-9,11,16H,5-7H2,1H3. The molecule has 7 heteroatoms. The third kappa shape index (κ3) is 2.37. The number of halogens is 2. The van der Waals surface area contributed by atoms with E-state index in [0.717, 1.165) is 17.6 Å². The van der Waals surface area contributed by atoms with Crippen molar-refractivity contribution >= 4 is 41.9 Å². The maximum atomic E-state index is 12.9. The van der Waals surface area contributed by atoms with Crippen LogP contribution in [0.4, 0.5) is 0 Å². The molecule has 2 fully saturated rings. The molecule has 0 saturated carbocycles. The predicted molar refractivity (Wildman–Crippen MR) is 85.0 cm³/mol. The van der Waals surface area contributed by atoms with Gasteiger partial charge < -0.3 is 5.32 Å². The molecule has 1 N–H and O–H groups in total. The Morgan fingerprint density at radius 2 is 2.05 bits per heavy atom. The van der Waals surface area contributed by atoms with Crippen LogP contribution in [0.2, 0.25) is 0 Å². The highest BCUT2D eigenvalue weighted by Crippen LogP contribution is 2.38. The minimum Gasteiger partial charge on any atom is -0.316 e. The lowest BCUT2D eigenvalue weighted by atomic mass is 9.95. The number of fused-ring (bicyclic) bond motifs is 1. The van der Waals surface area contributed by atoms with Crippen LogP contribution in [-0.4, -0.2) is 38.4 Å². The summed E-state index contributed by atoms with van der Waals surface area (Å²) in [5, 5.41) is 3.35. The predicted octanol–water partition coefficient (Wildman–Crippen LogP) is 2.44. The summed E-state index contributed by atoms with van der Waals surface area (Å²) in [5.41, 5.74) is 0. The van der Waals surface area contributed by atoms with E-state index in [1.807, 2.05) is 13.0 Å². The number of nitrogens with one attached hydrogen (secondary N) is 1. The van der Waals surface area contributed by atoms with Gasteiger partial charge in [-0.25, -0.2) is 8.42 Å². The van der Waals surface area contributed by atoms with Crippen molar-refractivity contribution in [2.24, 2.45) is 11.8 Å². The van der Waals surface area contributed by atoms with E-state index in [1.54, 1.807) is 16.4 Å². The van der Waals surface area contributed by atoms with Crippen LogP contribution in [0, 0.1) is 11.8 Å². The highest BCUT2D eigenvalue weighted by atomic mass is 79.9. The monoisotopic (exact) mass is 422 g/mol. The molecule has 0 aliphatic carbocycles. The first-order chi connectivity index (χ1) is 9.41. The van der Waals surface area contributed by atoms with E-state index < -0.39 is 10.0 Å². The fourth-order valence-electron chi connectivity index (χ4n) is 3.25. The molecule has 3 unspecified atom stereocenters. The quantitative estimate of drug-likeness (QED) is 0.794. The SMILES string of the molecule is CC1C2CNCC2CN1S(=O)(=O)c1cc(Br)ccc1Br. The van der Waals surface area contributed by atoms with Gasteiger partial charge in [-0.05, 0) is 66.0 Å². The van der Waals surface area contributed by atoms with Crippen LogP contribution in [-0.2, 0) is 10.0 Å². The highest BCUT2D eigenvalue weighted by Gasteiger charge is 2.47. The molecule has 3 rings (SSSR count). The fraction of sp³-hybridized carbons (Fsp3) is 0.538. The first kappa shape index (κ1) is 15.0. The van der Waals surface area contributed by atoms with E-state index in [0.29, 0.717) is 27.7 Å². The molecule has 2 aliphatic heterocycles. The number of benzene rings is 1. The summed E-state index contributed by atoms with van der Waals surface area (Å²) >= 11 is 6.70. The van der Waals surface area contributed by atoms with Gasteiger partial charge >= 0.3 is 0 Å². The molecule has 0 bridgehead atoms. The van der Waals surface area contributed by atoms with Crippen molar-refractivity contribution in [3.05, 3.63) is 27.1 Å². The molecule has 1 aromatic carbocycles. The van der Waals surface area contributed by atoms with E-state index in [-0.39, 0.29) is 6.04 Å². The van der Waals surface area contributed by atoms with Gasteiger partial charge in [0.1, 0.15) is 0 Å². The Morgan fingerprint density at radius 1 is 1.30 bits per heavy atom. The third-order valence-corrected chi connectivity index (χ3v) is 7.80. The van der Waals surface area contributed by atoms with Crippen molar-refractivity contribution in [3.63, 3.8) is 0 Å². The largest absolute Gasteiger partial charge is 0.316 e. The number of rotatable bonds is 2.